The van der Waals surface area contributed by atoms with Crippen LogP contribution in [0.15, 0.2) is 42.6 Å². The molecule has 1 amide bonds. The van der Waals surface area contributed by atoms with Gasteiger partial charge in [0.25, 0.3) is 0 Å². The van der Waals surface area contributed by atoms with Gasteiger partial charge in [0.05, 0.1) is 35.2 Å². The van der Waals surface area contributed by atoms with Gasteiger partial charge in [-0.1, -0.05) is 18.3 Å². The highest BCUT2D eigenvalue weighted by Gasteiger charge is 2.35. The molecule has 4 aromatic heterocycles. The van der Waals surface area contributed by atoms with Crippen LogP contribution < -0.4 is 9.22 Å². The Morgan fingerprint density at radius 2 is 2.00 bits per heavy atom. The van der Waals surface area contributed by atoms with Crippen molar-refractivity contribution in [2.45, 2.75) is 20.3 Å². The molecule has 1 aliphatic rings. The molecule has 1 aromatic carbocycles. The number of carbonyl (C=O) groups is 1. The van der Waals surface area contributed by atoms with Gasteiger partial charge in [-0.25, -0.2) is 4.98 Å². The smallest absolute Gasteiger partial charge is 0.212 e. The Morgan fingerprint density at radius 1 is 1.17 bits per heavy atom. The summed E-state index contributed by atoms with van der Waals surface area (Å²) >= 11 is 3.45. The number of rotatable bonds is 6. The number of ether oxygens (including phenoxy) is 1. The minimum Gasteiger partial charge on any atom is -0.456 e. The van der Waals surface area contributed by atoms with Crippen LogP contribution in [0.2, 0.25) is 0 Å². The number of pyridine rings is 1. The maximum Gasteiger partial charge on any atom is 0.212 e. The van der Waals surface area contributed by atoms with Gasteiger partial charge in [-0.3, -0.25) is 14.3 Å². The third kappa shape index (κ3) is 4.07. The van der Waals surface area contributed by atoms with Crippen LogP contribution in [0, 0.1) is 6.92 Å². The van der Waals surface area contributed by atoms with Crippen molar-refractivity contribution >= 4 is 55.2 Å². The van der Waals surface area contributed by atoms with Crippen molar-refractivity contribution in [2.24, 2.45) is 0 Å². The summed E-state index contributed by atoms with van der Waals surface area (Å²) in [5.74, 6) is 1.61. The molecule has 1 saturated heterocycles. The lowest BCUT2D eigenvalue weighted by molar-refractivity contribution is -0.119. The van der Waals surface area contributed by atoms with Crippen LogP contribution in [0.4, 0.5) is 5.00 Å². The highest BCUT2D eigenvalue weighted by molar-refractivity contribution is 7.27. The minimum atomic E-state index is 0.776. The number of likely N-dealkylation sites (N-methyl/N-ethyl adjacent to an activating group) is 1. The highest BCUT2D eigenvalue weighted by atomic mass is 32.1. The van der Waals surface area contributed by atoms with Gasteiger partial charge >= 0.3 is 0 Å². The fourth-order valence-electron chi connectivity index (χ4n) is 4.88. The predicted molar refractivity (Wildman–Crippen MR) is 148 cm³/mol. The van der Waals surface area contributed by atoms with Crippen molar-refractivity contribution < 1.29 is 9.53 Å². The Morgan fingerprint density at radius 3 is 2.78 bits per heavy atom. The first-order chi connectivity index (χ1) is 17.5. The van der Waals surface area contributed by atoms with Crippen molar-refractivity contribution in [1.82, 2.24) is 24.3 Å². The number of aromatic amines is 1. The van der Waals surface area contributed by atoms with Gasteiger partial charge < -0.3 is 14.6 Å². The molecule has 6 rings (SSSR count). The second-order valence-corrected chi connectivity index (χ2v) is 11.6. The zero-order chi connectivity index (χ0) is 24.9. The summed E-state index contributed by atoms with van der Waals surface area (Å²) in [7, 11) is 2.26. The molecule has 0 saturated carbocycles. The predicted octanol–water partition coefficient (Wildman–Crippen LogP) is 5.97. The third-order valence-corrected chi connectivity index (χ3v) is 9.60. The van der Waals surface area contributed by atoms with E-state index in [0.717, 1.165) is 97.4 Å². The standard InChI is InChI=1S/C27H28N5O2S2/c1-4-20-27(32(3)11-9-31(16-33)10-12-32)36-26(30-20)24-15-22-25(35-24)23(7-8-28-22)34-19-5-6-21-18(14-19)13-17(2)29-21/h5-8,13-16,29H,4,9-12H2,1-3H3/q+1. The number of thiophene rings is 1. The van der Waals surface area contributed by atoms with E-state index in [0.29, 0.717) is 0 Å². The zero-order valence-electron chi connectivity index (χ0n) is 20.6. The number of aryl methyl sites for hydroxylation is 2. The number of hydrogen-bond acceptors (Lipinski definition) is 6. The number of H-pyrrole nitrogens is 1. The molecule has 1 fully saturated rings. The van der Waals surface area contributed by atoms with Crippen LogP contribution in [-0.2, 0) is 11.2 Å². The number of nitrogens with one attached hydrogen (secondary N) is 1. The Balaban J connectivity index is 1.33. The molecule has 0 unspecified atom stereocenters. The summed E-state index contributed by atoms with van der Waals surface area (Å²) in [6.45, 7) is 7.59. The number of benzene rings is 1. The van der Waals surface area contributed by atoms with Crippen LogP contribution in [0.3, 0.4) is 0 Å². The normalized spacial score (nSPS) is 15.6. The first-order valence-electron chi connectivity index (χ1n) is 12.2. The number of fused-ring (bicyclic) bond motifs is 2. The Hall–Kier alpha value is -3.27. The number of hydrogen-bond donors (Lipinski definition) is 1. The molecule has 184 valence electrons. The first kappa shape index (κ1) is 23.1. The molecule has 0 radical (unpaired) electrons. The van der Waals surface area contributed by atoms with Crippen LogP contribution in [0.25, 0.3) is 31.0 Å². The van der Waals surface area contributed by atoms with Crippen LogP contribution in [0.5, 0.6) is 11.5 Å². The van der Waals surface area contributed by atoms with Gasteiger partial charge in [0.2, 0.25) is 11.4 Å². The zero-order valence-corrected chi connectivity index (χ0v) is 22.2. The Kier molecular flexibility index (Phi) is 5.78. The number of aromatic nitrogens is 3. The molecular formula is C27H28N5O2S2+. The van der Waals surface area contributed by atoms with E-state index in [2.05, 4.69) is 55.1 Å². The van der Waals surface area contributed by atoms with E-state index in [1.165, 1.54) is 5.00 Å². The fraction of sp³-hybridized carbons (Fsp3) is 0.296. The monoisotopic (exact) mass is 518 g/mol. The maximum atomic E-state index is 11.2. The number of amides is 1. The molecule has 1 aliphatic heterocycles. The van der Waals surface area contributed by atoms with Crippen molar-refractivity contribution in [3.05, 3.63) is 54.0 Å². The number of nitrogens with zero attached hydrogens (tertiary/aromatic N) is 4. The minimum absolute atomic E-state index is 0.776. The lowest BCUT2D eigenvalue weighted by atomic mass is 10.2. The molecule has 7 nitrogen and oxygen atoms in total. The average Bonchev–Trinajstić information content (AvgIpc) is 3.60. The van der Waals surface area contributed by atoms with Gasteiger partial charge in [-0.05, 0) is 43.7 Å². The van der Waals surface area contributed by atoms with Gasteiger partial charge in [0.15, 0.2) is 0 Å². The van der Waals surface area contributed by atoms with Crippen molar-refractivity contribution in [3.8, 4) is 21.4 Å². The molecule has 5 aromatic rings. The van der Waals surface area contributed by atoms with E-state index in [9.17, 15) is 4.79 Å². The topological polar surface area (TPSA) is 71.1 Å². The van der Waals surface area contributed by atoms with Crippen LogP contribution in [0.1, 0.15) is 18.3 Å². The molecule has 9 heteroatoms. The molecule has 0 atom stereocenters. The molecule has 0 aliphatic carbocycles. The Labute approximate surface area is 217 Å². The van der Waals surface area contributed by atoms with E-state index in [1.54, 1.807) is 28.9 Å². The number of carbonyl (C=O) groups excluding carboxylic acids is 1. The highest BCUT2D eigenvalue weighted by Crippen LogP contribution is 2.44. The quantitative estimate of drug-likeness (QED) is 0.222. The maximum absolute atomic E-state index is 11.2. The summed E-state index contributed by atoms with van der Waals surface area (Å²) in [5.41, 5.74) is 4.30. The third-order valence-electron chi connectivity index (χ3n) is 6.95. The van der Waals surface area contributed by atoms with Crippen LogP contribution >= 0.6 is 22.7 Å². The lowest BCUT2D eigenvalue weighted by Crippen LogP contribution is -2.58. The van der Waals surface area contributed by atoms with Gasteiger partial charge in [-0.2, -0.15) is 0 Å². The Bertz CT molecular complexity index is 1580. The molecule has 36 heavy (non-hydrogen) atoms. The SMILES string of the molecule is CCc1nc(-c2cc3nccc(Oc4ccc5[nH]c(C)cc5c4)c3s2)sc1[N+]1(C)CCN(C=O)CC1. The summed E-state index contributed by atoms with van der Waals surface area (Å²) in [6.07, 6.45) is 3.65. The largest absolute Gasteiger partial charge is 0.456 e. The second-order valence-electron chi connectivity index (χ2n) is 9.55. The fourth-order valence-corrected chi connectivity index (χ4v) is 7.29. The van der Waals surface area contributed by atoms with Crippen molar-refractivity contribution in [1.29, 1.82) is 0 Å². The van der Waals surface area contributed by atoms with Crippen molar-refractivity contribution in [2.75, 3.05) is 33.2 Å². The molecule has 0 spiro atoms. The summed E-state index contributed by atoms with van der Waals surface area (Å²) in [5, 5.41) is 3.46. The number of piperazine rings is 1. The van der Waals surface area contributed by atoms with E-state index in [1.807, 2.05) is 17.0 Å². The van der Waals surface area contributed by atoms with E-state index < -0.39 is 0 Å². The van der Waals surface area contributed by atoms with E-state index >= 15 is 0 Å². The number of thiazole rings is 1. The molecule has 0 bridgehead atoms. The average molecular weight is 519 g/mol. The second kappa shape index (κ2) is 8.99. The van der Waals surface area contributed by atoms with Gasteiger partial charge in [0, 0.05) is 28.9 Å². The molecule has 1 N–H and O–H groups in total. The lowest BCUT2D eigenvalue weighted by Gasteiger charge is -2.39. The summed E-state index contributed by atoms with van der Waals surface area (Å²) < 4.78 is 8.19. The van der Waals surface area contributed by atoms with E-state index in [4.69, 9.17) is 9.72 Å². The van der Waals surface area contributed by atoms with E-state index in [-0.39, 0.29) is 0 Å². The molecular weight excluding hydrogens is 490 g/mol. The summed E-state index contributed by atoms with van der Waals surface area (Å²) in [4.78, 5) is 27.2. The van der Waals surface area contributed by atoms with Gasteiger partial charge in [-0.15, -0.1) is 11.3 Å². The number of quaternary nitrogens is 1. The van der Waals surface area contributed by atoms with Crippen molar-refractivity contribution in [3.63, 3.8) is 0 Å². The summed E-state index contributed by atoms with van der Waals surface area (Å²) in [6, 6.07) is 12.3. The van der Waals surface area contributed by atoms with Crippen LogP contribution in [-0.4, -0.2) is 59.5 Å². The first-order valence-corrected chi connectivity index (χ1v) is 13.8. The molecule has 5 heterocycles. The van der Waals surface area contributed by atoms with Gasteiger partial charge in [0.1, 0.15) is 35.3 Å².